The Balaban J connectivity index is 1.34. The minimum absolute atomic E-state index is 0.449. The molecule has 0 bridgehead atoms. The number of aromatic nitrogens is 2. The Morgan fingerprint density at radius 1 is 0.926 bits per heavy atom. The lowest BCUT2D eigenvalue weighted by molar-refractivity contribution is 0.825. The molecule has 4 N–H and O–H groups in total. The maximum absolute atomic E-state index is 5.65. The first-order chi connectivity index (χ1) is 13.3. The van der Waals surface area contributed by atoms with Crippen LogP contribution >= 0.6 is 0 Å². The number of nitrogens with zero attached hydrogens (tertiary/aromatic N) is 1. The third-order valence-electron chi connectivity index (χ3n) is 4.85. The Labute approximate surface area is 159 Å². The van der Waals surface area contributed by atoms with Crippen molar-refractivity contribution in [2.24, 2.45) is 5.73 Å². The van der Waals surface area contributed by atoms with Crippen LogP contribution in [0.3, 0.4) is 0 Å². The van der Waals surface area contributed by atoms with Crippen molar-refractivity contribution in [2.45, 2.75) is 25.8 Å². The fourth-order valence-electron chi connectivity index (χ4n) is 3.41. The summed E-state index contributed by atoms with van der Waals surface area (Å²) in [7, 11) is 0. The number of anilines is 2. The van der Waals surface area contributed by atoms with Crippen molar-refractivity contribution in [3.63, 3.8) is 0 Å². The van der Waals surface area contributed by atoms with Gasteiger partial charge < -0.3 is 16.0 Å². The van der Waals surface area contributed by atoms with Crippen LogP contribution in [0.15, 0.2) is 73.1 Å². The van der Waals surface area contributed by atoms with E-state index in [1.54, 1.807) is 6.20 Å². The van der Waals surface area contributed by atoms with Gasteiger partial charge in [-0.3, -0.25) is 4.98 Å². The summed E-state index contributed by atoms with van der Waals surface area (Å²) in [5.41, 5.74) is 12.6. The molecule has 0 saturated heterocycles. The molecule has 0 saturated carbocycles. The highest BCUT2D eigenvalue weighted by atomic mass is 14.9. The highest BCUT2D eigenvalue weighted by molar-refractivity contribution is 5.83. The molecular formula is C23H24N4. The molecule has 2 aromatic carbocycles. The van der Waals surface area contributed by atoms with Gasteiger partial charge in [-0.25, -0.2) is 0 Å². The topological polar surface area (TPSA) is 66.7 Å². The van der Waals surface area contributed by atoms with E-state index in [9.17, 15) is 0 Å². The summed E-state index contributed by atoms with van der Waals surface area (Å²) in [5, 5.41) is 4.74. The SMILES string of the molecule is NCc1cc(Nc2ccc(CCCc3c[nH]c4ccccc34)cc2)ccn1. The number of fused-ring (bicyclic) bond motifs is 1. The van der Waals surface area contributed by atoms with Gasteiger partial charge in [-0.1, -0.05) is 30.3 Å². The van der Waals surface area contributed by atoms with Crippen LogP contribution in [0.25, 0.3) is 10.9 Å². The summed E-state index contributed by atoms with van der Waals surface area (Å²) in [6.07, 6.45) is 7.22. The first kappa shape index (κ1) is 17.3. The minimum atomic E-state index is 0.449. The second kappa shape index (κ2) is 8.06. The molecule has 4 aromatic rings. The molecule has 4 rings (SSSR count). The van der Waals surface area contributed by atoms with Crippen LogP contribution in [-0.2, 0) is 19.4 Å². The second-order valence-electron chi connectivity index (χ2n) is 6.77. The lowest BCUT2D eigenvalue weighted by Gasteiger charge is -2.08. The Morgan fingerprint density at radius 3 is 2.63 bits per heavy atom. The van der Waals surface area contributed by atoms with Gasteiger partial charge in [0.1, 0.15) is 0 Å². The third-order valence-corrected chi connectivity index (χ3v) is 4.85. The number of hydrogen-bond acceptors (Lipinski definition) is 3. The quantitative estimate of drug-likeness (QED) is 0.439. The minimum Gasteiger partial charge on any atom is -0.361 e. The molecule has 0 aliphatic heterocycles. The normalized spacial score (nSPS) is 11.0. The number of nitrogens with two attached hydrogens (primary N) is 1. The molecule has 0 fully saturated rings. The van der Waals surface area contributed by atoms with E-state index in [1.807, 2.05) is 12.1 Å². The average molecular weight is 356 g/mol. The Hall–Kier alpha value is -3.11. The summed E-state index contributed by atoms with van der Waals surface area (Å²) >= 11 is 0. The molecule has 0 aliphatic carbocycles. The molecule has 4 nitrogen and oxygen atoms in total. The van der Waals surface area contributed by atoms with Crippen LogP contribution in [-0.4, -0.2) is 9.97 Å². The first-order valence-electron chi connectivity index (χ1n) is 9.38. The second-order valence-corrected chi connectivity index (χ2v) is 6.77. The van der Waals surface area contributed by atoms with Gasteiger partial charge in [-0.2, -0.15) is 0 Å². The van der Waals surface area contributed by atoms with E-state index in [-0.39, 0.29) is 0 Å². The largest absolute Gasteiger partial charge is 0.361 e. The number of para-hydroxylation sites is 1. The highest BCUT2D eigenvalue weighted by Gasteiger charge is 2.03. The molecule has 2 heterocycles. The summed E-state index contributed by atoms with van der Waals surface area (Å²) < 4.78 is 0. The van der Waals surface area contributed by atoms with E-state index in [4.69, 9.17) is 5.73 Å². The summed E-state index contributed by atoms with van der Waals surface area (Å²) in [5.74, 6) is 0. The number of hydrogen-bond donors (Lipinski definition) is 3. The van der Waals surface area contributed by atoms with Crippen LogP contribution in [0.5, 0.6) is 0 Å². The van der Waals surface area contributed by atoms with Crippen LogP contribution < -0.4 is 11.1 Å². The van der Waals surface area contributed by atoms with Crippen molar-refractivity contribution in [3.05, 3.63) is 89.9 Å². The lowest BCUT2D eigenvalue weighted by atomic mass is 10.0. The van der Waals surface area contributed by atoms with Gasteiger partial charge in [0.05, 0.1) is 5.69 Å². The molecule has 27 heavy (non-hydrogen) atoms. The third kappa shape index (κ3) is 4.18. The zero-order chi connectivity index (χ0) is 18.5. The van der Waals surface area contributed by atoms with E-state index >= 15 is 0 Å². The average Bonchev–Trinajstić information content (AvgIpc) is 3.13. The van der Waals surface area contributed by atoms with E-state index < -0.39 is 0 Å². The Bertz CT molecular complexity index is 1020. The summed E-state index contributed by atoms with van der Waals surface area (Å²) in [6, 6.07) is 21.1. The van der Waals surface area contributed by atoms with E-state index in [2.05, 4.69) is 70.0 Å². The monoisotopic (exact) mass is 356 g/mol. The standard InChI is InChI=1S/C23H24N4/c24-15-21-14-20(12-13-25-21)27-19-10-8-17(9-11-19)4-3-5-18-16-26-23-7-2-1-6-22(18)23/h1-2,6-14,16,26H,3-5,15,24H2,(H,25,27). The molecule has 0 spiro atoms. The lowest BCUT2D eigenvalue weighted by Crippen LogP contribution is -2.00. The zero-order valence-corrected chi connectivity index (χ0v) is 15.3. The molecule has 136 valence electrons. The summed E-state index contributed by atoms with van der Waals surface area (Å²) in [6.45, 7) is 0.449. The molecule has 2 aromatic heterocycles. The Kier molecular flexibility index (Phi) is 5.17. The van der Waals surface area contributed by atoms with Crippen molar-refractivity contribution >= 4 is 22.3 Å². The molecule has 4 heteroatoms. The number of nitrogens with one attached hydrogen (secondary N) is 2. The number of pyridine rings is 1. The van der Waals surface area contributed by atoms with Gasteiger partial charge in [0.15, 0.2) is 0 Å². The van der Waals surface area contributed by atoms with Gasteiger partial charge in [-0.15, -0.1) is 0 Å². The maximum Gasteiger partial charge on any atom is 0.0560 e. The fourth-order valence-corrected chi connectivity index (χ4v) is 3.41. The van der Waals surface area contributed by atoms with E-state index in [1.165, 1.54) is 22.0 Å². The highest BCUT2D eigenvalue weighted by Crippen LogP contribution is 2.21. The van der Waals surface area contributed by atoms with Gasteiger partial charge in [0.25, 0.3) is 0 Å². The van der Waals surface area contributed by atoms with Crippen molar-refractivity contribution in [1.82, 2.24) is 9.97 Å². The van der Waals surface area contributed by atoms with Gasteiger partial charge in [-0.05, 0) is 60.7 Å². The van der Waals surface area contributed by atoms with Crippen molar-refractivity contribution in [3.8, 4) is 0 Å². The summed E-state index contributed by atoms with van der Waals surface area (Å²) in [4.78, 5) is 7.58. The van der Waals surface area contributed by atoms with Gasteiger partial charge >= 0.3 is 0 Å². The van der Waals surface area contributed by atoms with Gasteiger partial charge in [0.2, 0.25) is 0 Å². The molecular weight excluding hydrogens is 332 g/mol. The number of aryl methyl sites for hydroxylation is 2. The van der Waals surface area contributed by atoms with Crippen LogP contribution in [0, 0.1) is 0 Å². The van der Waals surface area contributed by atoms with Crippen molar-refractivity contribution in [1.29, 1.82) is 0 Å². The van der Waals surface area contributed by atoms with E-state index in [0.717, 1.165) is 36.3 Å². The molecule has 0 radical (unpaired) electrons. The zero-order valence-electron chi connectivity index (χ0n) is 15.3. The number of H-pyrrole nitrogens is 1. The first-order valence-corrected chi connectivity index (χ1v) is 9.38. The van der Waals surface area contributed by atoms with Crippen molar-refractivity contribution in [2.75, 3.05) is 5.32 Å². The van der Waals surface area contributed by atoms with Crippen LogP contribution in [0.4, 0.5) is 11.4 Å². The predicted octanol–water partition coefficient (Wildman–Crippen LogP) is 4.94. The van der Waals surface area contributed by atoms with Crippen molar-refractivity contribution < 1.29 is 0 Å². The van der Waals surface area contributed by atoms with Crippen LogP contribution in [0.2, 0.25) is 0 Å². The van der Waals surface area contributed by atoms with Gasteiger partial charge in [0, 0.05) is 41.2 Å². The maximum atomic E-state index is 5.65. The predicted molar refractivity (Wildman–Crippen MR) is 112 cm³/mol. The number of aromatic amines is 1. The molecule has 0 atom stereocenters. The van der Waals surface area contributed by atoms with Crippen LogP contribution in [0.1, 0.15) is 23.2 Å². The number of benzene rings is 2. The van der Waals surface area contributed by atoms with E-state index in [0.29, 0.717) is 6.54 Å². The molecule has 0 amide bonds. The molecule has 0 unspecified atom stereocenters. The molecule has 0 aliphatic rings. The number of rotatable bonds is 7. The fraction of sp³-hybridized carbons (Fsp3) is 0.174. The smallest absolute Gasteiger partial charge is 0.0560 e. The Morgan fingerprint density at radius 2 is 1.78 bits per heavy atom.